The molecule has 25 heavy (non-hydrogen) atoms. The minimum absolute atomic E-state index is 0.118. The maximum absolute atomic E-state index is 12.4. The molecule has 5 N–H and O–H groups in total. The summed E-state index contributed by atoms with van der Waals surface area (Å²) in [6.45, 7) is 3.21. The number of Topliss-reactive ketones (excluding diaryl/α,β-unsaturated/α-hetero) is 1. The van der Waals surface area contributed by atoms with Crippen LogP contribution in [0.1, 0.15) is 19.4 Å². The molecule has 2 atom stereocenters. The molecule has 0 aliphatic carbocycles. The molecule has 0 saturated heterocycles. The van der Waals surface area contributed by atoms with Crippen LogP contribution in [0.3, 0.4) is 0 Å². The second-order valence-electron chi connectivity index (χ2n) is 6.36. The molecule has 0 bridgehead atoms. The van der Waals surface area contributed by atoms with Crippen LogP contribution >= 0.6 is 0 Å². The number of para-hydroxylation sites is 1. The Hall–Kier alpha value is -2.67. The number of carboxylic acids is 1. The maximum Gasteiger partial charge on any atom is 0.326 e. The number of carbonyl (C=O) groups excluding carboxylic acids is 2. The van der Waals surface area contributed by atoms with E-state index >= 15 is 0 Å². The van der Waals surface area contributed by atoms with Crippen LogP contribution in [-0.4, -0.2) is 40.3 Å². The smallest absolute Gasteiger partial charge is 0.326 e. The van der Waals surface area contributed by atoms with E-state index in [0.29, 0.717) is 0 Å². The number of carbonyl (C=O) groups is 3. The van der Waals surface area contributed by atoms with Crippen LogP contribution in [0.25, 0.3) is 10.9 Å². The summed E-state index contributed by atoms with van der Waals surface area (Å²) in [5.74, 6) is -3.36. The number of nitrogens with one attached hydrogen (secondary N) is 2. The van der Waals surface area contributed by atoms with Gasteiger partial charge in [-0.15, -0.1) is 0 Å². The molecule has 0 aliphatic rings. The molecule has 0 aliphatic heterocycles. The third kappa shape index (κ3) is 4.24. The molecule has 1 heterocycles. The zero-order valence-electron chi connectivity index (χ0n) is 14.3. The molecule has 7 nitrogen and oxygen atoms in total. The number of nitrogens with two attached hydrogens (primary N) is 1. The standard InChI is InChI=1S/C18H23N3O4/c1-10(2)16(15(22)8-19)17(23)21-14(18(24)25)7-11-9-20-13-6-4-3-5-12(11)13/h3-6,9-10,14,16,20H,7-8,19H2,1-2H3,(H,21,23)(H,24,25)/t14-,16?/m0/s1. The third-order valence-electron chi connectivity index (χ3n) is 4.21. The maximum atomic E-state index is 12.4. The Morgan fingerprint density at radius 1 is 1.24 bits per heavy atom. The molecule has 1 aromatic carbocycles. The normalized spacial score (nSPS) is 13.6. The van der Waals surface area contributed by atoms with E-state index in [1.54, 1.807) is 20.0 Å². The molecule has 0 saturated carbocycles. The first kappa shape index (κ1) is 18.7. The quantitative estimate of drug-likeness (QED) is 0.533. The minimum atomic E-state index is -1.15. The molecule has 1 amide bonds. The number of aliphatic carboxylic acids is 1. The first-order valence-electron chi connectivity index (χ1n) is 8.16. The molecule has 1 aromatic heterocycles. The van der Waals surface area contributed by atoms with Crippen molar-refractivity contribution < 1.29 is 19.5 Å². The number of carboxylic acid groups (broad SMARTS) is 1. The fourth-order valence-electron chi connectivity index (χ4n) is 2.93. The molecular weight excluding hydrogens is 322 g/mol. The zero-order chi connectivity index (χ0) is 18.6. The van der Waals surface area contributed by atoms with Crippen LogP contribution in [0.15, 0.2) is 30.5 Å². The summed E-state index contributed by atoms with van der Waals surface area (Å²) in [5.41, 5.74) is 7.04. The van der Waals surface area contributed by atoms with Crippen LogP contribution in [-0.2, 0) is 20.8 Å². The molecule has 7 heteroatoms. The summed E-state index contributed by atoms with van der Waals surface area (Å²) in [4.78, 5) is 39.0. The first-order valence-corrected chi connectivity index (χ1v) is 8.16. The first-order chi connectivity index (χ1) is 11.8. The summed E-state index contributed by atoms with van der Waals surface area (Å²) in [6.07, 6.45) is 1.85. The topological polar surface area (TPSA) is 125 Å². The number of hydrogen-bond acceptors (Lipinski definition) is 4. The lowest BCUT2D eigenvalue weighted by Crippen LogP contribution is -2.48. The lowest BCUT2D eigenvalue weighted by molar-refractivity contribution is -0.144. The number of fused-ring (bicyclic) bond motifs is 1. The number of aromatic amines is 1. The van der Waals surface area contributed by atoms with Crippen LogP contribution in [0, 0.1) is 11.8 Å². The fraction of sp³-hybridized carbons (Fsp3) is 0.389. The lowest BCUT2D eigenvalue weighted by Gasteiger charge is -2.21. The highest BCUT2D eigenvalue weighted by atomic mass is 16.4. The lowest BCUT2D eigenvalue weighted by atomic mass is 9.90. The number of aromatic nitrogens is 1. The van der Waals surface area contributed by atoms with E-state index in [4.69, 9.17) is 5.73 Å². The Bertz CT molecular complexity index is 781. The number of benzene rings is 1. The third-order valence-corrected chi connectivity index (χ3v) is 4.21. The Kier molecular flexibility index (Phi) is 5.93. The number of hydrogen-bond donors (Lipinski definition) is 4. The van der Waals surface area contributed by atoms with E-state index in [9.17, 15) is 19.5 Å². The molecule has 0 fully saturated rings. The van der Waals surface area contributed by atoms with Gasteiger partial charge in [-0.3, -0.25) is 9.59 Å². The van der Waals surface area contributed by atoms with Crippen molar-refractivity contribution in [1.29, 1.82) is 0 Å². The highest BCUT2D eigenvalue weighted by molar-refractivity contribution is 6.03. The van der Waals surface area contributed by atoms with Gasteiger partial charge in [0.2, 0.25) is 5.91 Å². The van der Waals surface area contributed by atoms with Gasteiger partial charge >= 0.3 is 5.97 Å². The van der Waals surface area contributed by atoms with Crippen molar-refractivity contribution >= 4 is 28.6 Å². The van der Waals surface area contributed by atoms with E-state index in [2.05, 4.69) is 10.3 Å². The van der Waals surface area contributed by atoms with E-state index in [1.165, 1.54) is 0 Å². The van der Waals surface area contributed by atoms with Crippen LogP contribution < -0.4 is 11.1 Å². The Labute approximate surface area is 145 Å². The number of amides is 1. The highest BCUT2D eigenvalue weighted by Crippen LogP contribution is 2.20. The summed E-state index contributed by atoms with van der Waals surface area (Å²) in [7, 11) is 0. The number of H-pyrrole nitrogens is 1. The number of ketones is 1. The largest absolute Gasteiger partial charge is 0.480 e. The molecule has 1 unspecified atom stereocenters. The van der Waals surface area contributed by atoms with Crippen molar-refractivity contribution in [2.75, 3.05) is 6.54 Å². The summed E-state index contributed by atoms with van der Waals surface area (Å²) in [5, 5.41) is 12.9. The molecular formula is C18H23N3O4. The van der Waals surface area contributed by atoms with E-state index in [1.807, 2.05) is 24.3 Å². The molecule has 0 spiro atoms. The van der Waals surface area contributed by atoms with E-state index in [0.717, 1.165) is 16.5 Å². The van der Waals surface area contributed by atoms with Gasteiger partial charge in [-0.25, -0.2) is 4.79 Å². The van der Waals surface area contributed by atoms with Gasteiger partial charge in [0.15, 0.2) is 5.78 Å². The predicted octanol–water partition coefficient (Wildman–Crippen LogP) is 1.08. The van der Waals surface area contributed by atoms with Gasteiger partial charge in [0, 0.05) is 23.5 Å². The average molecular weight is 345 g/mol. The average Bonchev–Trinajstić information content (AvgIpc) is 2.97. The van der Waals surface area contributed by atoms with Crippen molar-refractivity contribution in [3.63, 3.8) is 0 Å². The van der Waals surface area contributed by atoms with Crippen molar-refractivity contribution in [2.45, 2.75) is 26.3 Å². The van der Waals surface area contributed by atoms with Gasteiger partial charge in [-0.05, 0) is 17.5 Å². The zero-order valence-corrected chi connectivity index (χ0v) is 14.3. The monoisotopic (exact) mass is 345 g/mol. The van der Waals surface area contributed by atoms with Crippen molar-refractivity contribution in [3.8, 4) is 0 Å². The molecule has 0 radical (unpaired) electrons. The predicted molar refractivity (Wildman–Crippen MR) is 94.0 cm³/mol. The van der Waals surface area contributed by atoms with Crippen molar-refractivity contribution in [1.82, 2.24) is 10.3 Å². The van der Waals surface area contributed by atoms with Crippen molar-refractivity contribution in [2.24, 2.45) is 17.6 Å². The molecule has 2 aromatic rings. The Morgan fingerprint density at radius 3 is 2.52 bits per heavy atom. The van der Waals surface area contributed by atoms with Crippen LogP contribution in [0.2, 0.25) is 0 Å². The molecule has 2 rings (SSSR count). The van der Waals surface area contributed by atoms with Gasteiger partial charge in [0.05, 0.1) is 6.54 Å². The second kappa shape index (κ2) is 7.94. The summed E-state index contributed by atoms with van der Waals surface area (Å²) in [6, 6.07) is 6.39. The Morgan fingerprint density at radius 2 is 1.92 bits per heavy atom. The van der Waals surface area contributed by atoms with Crippen LogP contribution in [0.5, 0.6) is 0 Å². The Balaban J connectivity index is 2.19. The SMILES string of the molecule is CC(C)C(C(=O)CN)C(=O)N[C@@H](Cc1c[nH]c2ccccc12)C(=O)O. The van der Waals surface area contributed by atoms with Gasteiger partial charge in [-0.1, -0.05) is 32.0 Å². The molecule has 134 valence electrons. The second-order valence-corrected chi connectivity index (χ2v) is 6.36. The minimum Gasteiger partial charge on any atom is -0.480 e. The van der Waals surface area contributed by atoms with Crippen molar-refractivity contribution in [3.05, 3.63) is 36.0 Å². The fourth-order valence-corrected chi connectivity index (χ4v) is 2.93. The van der Waals surface area contributed by atoms with Gasteiger partial charge < -0.3 is 21.1 Å². The van der Waals surface area contributed by atoms with E-state index < -0.39 is 29.6 Å². The summed E-state index contributed by atoms with van der Waals surface area (Å²) < 4.78 is 0. The highest BCUT2D eigenvalue weighted by Gasteiger charge is 2.32. The van der Waals surface area contributed by atoms with E-state index in [-0.39, 0.29) is 18.9 Å². The van der Waals surface area contributed by atoms with Gasteiger partial charge in [-0.2, -0.15) is 0 Å². The summed E-state index contributed by atoms with van der Waals surface area (Å²) >= 11 is 0. The number of rotatable bonds is 8. The van der Waals surface area contributed by atoms with Gasteiger partial charge in [0.1, 0.15) is 12.0 Å². The van der Waals surface area contributed by atoms with Crippen LogP contribution in [0.4, 0.5) is 0 Å². The van der Waals surface area contributed by atoms with Gasteiger partial charge in [0.25, 0.3) is 0 Å².